The number of aliphatic imine (C=N–C) groups is 1. The standard InChI is InChI=1S/C7H7NO2/c9-6-8-4-3-7-2-1-5-10-7/h7H,1-2,5H2. The highest BCUT2D eigenvalue weighted by atomic mass is 16.5. The lowest BCUT2D eigenvalue weighted by Gasteiger charge is -1.94. The van der Waals surface area contributed by atoms with Crippen molar-refractivity contribution in [1.82, 2.24) is 0 Å². The largest absolute Gasteiger partial charge is 0.365 e. The SMILES string of the molecule is O=C=NC#CC1CCCO1. The van der Waals surface area contributed by atoms with Crippen molar-refractivity contribution in [1.29, 1.82) is 0 Å². The summed E-state index contributed by atoms with van der Waals surface area (Å²) in [6.07, 6.45) is 3.31. The minimum absolute atomic E-state index is 0.0166. The first-order valence-electron chi connectivity index (χ1n) is 3.12. The van der Waals surface area contributed by atoms with Crippen LogP contribution in [0.25, 0.3) is 0 Å². The van der Waals surface area contributed by atoms with Crippen LogP contribution in [0.15, 0.2) is 4.99 Å². The molecule has 1 fully saturated rings. The zero-order chi connectivity index (χ0) is 7.23. The lowest BCUT2D eigenvalue weighted by atomic mass is 10.2. The Hall–Kier alpha value is -1.10. The van der Waals surface area contributed by atoms with Gasteiger partial charge >= 0.3 is 0 Å². The van der Waals surface area contributed by atoms with Crippen LogP contribution in [0.2, 0.25) is 0 Å². The molecule has 0 spiro atoms. The molecule has 0 N–H and O–H groups in total. The number of nitrogens with zero attached hydrogens (tertiary/aromatic N) is 1. The number of rotatable bonds is 0. The minimum atomic E-state index is -0.0166. The maximum atomic E-state index is 9.54. The Morgan fingerprint density at radius 2 is 2.50 bits per heavy atom. The average molecular weight is 137 g/mol. The molecule has 0 saturated carbocycles. The predicted octanol–water partition coefficient (Wildman–Crippen LogP) is 0.462. The van der Waals surface area contributed by atoms with Crippen molar-refractivity contribution in [2.45, 2.75) is 18.9 Å². The molecule has 0 aromatic carbocycles. The first-order chi connectivity index (χ1) is 4.93. The van der Waals surface area contributed by atoms with Crippen LogP contribution in [-0.4, -0.2) is 18.8 Å². The lowest BCUT2D eigenvalue weighted by molar-refractivity contribution is 0.152. The normalized spacial score (nSPS) is 22.6. The van der Waals surface area contributed by atoms with Crippen LogP contribution in [-0.2, 0) is 9.53 Å². The summed E-state index contributed by atoms with van der Waals surface area (Å²) in [6, 6.07) is 2.30. The van der Waals surface area contributed by atoms with Crippen LogP contribution in [0.5, 0.6) is 0 Å². The van der Waals surface area contributed by atoms with Crippen LogP contribution >= 0.6 is 0 Å². The fourth-order valence-electron chi connectivity index (χ4n) is 0.819. The summed E-state index contributed by atoms with van der Waals surface area (Å²) in [4.78, 5) is 12.6. The molecule has 1 unspecified atom stereocenters. The molecule has 1 heterocycles. The van der Waals surface area contributed by atoms with Gasteiger partial charge in [-0.1, -0.05) is 0 Å². The maximum Gasteiger partial charge on any atom is 0.249 e. The third-order valence-electron chi connectivity index (χ3n) is 1.26. The van der Waals surface area contributed by atoms with Gasteiger partial charge in [0.2, 0.25) is 6.08 Å². The molecule has 0 aliphatic carbocycles. The van der Waals surface area contributed by atoms with Gasteiger partial charge in [-0.3, -0.25) is 0 Å². The quantitative estimate of drug-likeness (QED) is 0.276. The second-order valence-electron chi connectivity index (χ2n) is 1.96. The van der Waals surface area contributed by atoms with Crippen LogP contribution in [0.4, 0.5) is 0 Å². The van der Waals surface area contributed by atoms with E-state index in [1.165, 1.54) is 6.08 Å². The minimum Gasteiger partial charge on any atom is -0.365 e. The lowest BCUT2D eigenvalue weighted by Crippen LogP contribution is -1.98. The Labute approximate surface area is 59.1 Å². The monoisotopic (exact) mass is 137 g/mol. The van der Waals surface area contributed by atoms with Crippen LogP contribution in [0.1, 0.15) is 12.8 Å². The van der Waals surface area contributed by atoms with Crippen molar-refractivity contribution in [3.8, 4) is 12.0 Å². The molecule has 0 bridgehead atoms. The van der Waals surface area contributed by atoms with Gasteiger partial charge in [0.1, 0.15) is 6.10 Å². The molecule has 0 radical (unpaired) electrons. The smallest absolute Gasteiger partial charge is 0.249 e. The highest BCUT2D eigenvalue weighted by Crippen LogP contribution is 2.09. The highest BCUT2D eigenvalue weighted by Gasteiger charge is 2.11. The molecule has 3 nitrogen and oxygen atoms in total. The maximum absolute atomic E-state index is 9.54. The van der Waals surface area contributed by atoms with Gasteiger partial charge in [-0.05, 0) is 18.8 Å². The average Bonchev–Trinajstić information content (AvgIpc) is 2.41. The van der Waals surface area contributed by atoms with E-state index in [9.17, 15) is 4.79 Å². The Bertz CT molecular complexity index is 201. The second kappa shape index (κ2) is 3.84. The van der Waals surface area contributed by atoms with E-state index in [0.29, 0.717) is 0 Å². The molecule has 0 aromatic rings. The van der Waals surface area contributed by atoms with E-state index in [4.69, 9.17) is 4.74 Å². The second-order valence-corrected chi connectivity index (χ2v) is 1.96. The molecular formula is C7H7NO2. The summed E-state index contributed by atoms with van der Waals surface area (Å²) in [5.41, 5.74) is 0. The zero-order valence-electron chi connectivity index (χ0n) is 5.46. The number of ether oxygens (including phenoxy) is 1. The molecule has 10 heavy (non-hydrogen) atoms. The van der Waals surface area contributed by atoms with Gasteiger partial charge in [-0.25, -0.2) is 4.79 Å². The van der Waals surface area contributed by atoms with Crippen LogP contribution in [0.3, 0.4) is 0 Å². The molecule has 1 aliphatic heterocycles. The predicted molar refractivity (Wildman–Crippen MR) is 34.9 cm³/mol. The van der Waals surface area contributed by atoms with Gasteiger partial charge in [0, 0.05) is 6.61 Å². The Morgan fingerprint density at radius 1 is 1.60 bits per heavy atom. The van der Waals surface area contributed by atoms with Crippen LogP contribution < -0.4 is 0 Å². The summed E-state index contributed by atoms with van der Waals surface area (Å²) in [6.45, 7) is 0.768. The Morgan fingerprint density at radius 3 is 3.10 bits per heavy atom. The summed E-state index contributed by atoms with van der Waals surface area (Å²) in [5.74, 6) is 2.68. The Balaban J connectivity index is 2.37. The van der Waals surface area contributed by atoms with Gasteiger partial charge in [0.25, 0.3) is 0 Å². The molecule has 1 atom stereocenters. The van der Waals surface area contributed by atoms with Crippen molar-refractivity contribution < 1.29 is 9.53 Å². The van der Waals surface area contributed by atoms with Crippen molar-refractivity contribution in [3.63, 3.8) is 0 Å². The molecule has 3 heteroatoms. The van der Waals surface area contributed by atoms with E-state index in [2.05, 4.69) is 17.0 Å². The van der Waals surface area contributed by atoms with Crippen molar-refractivity contribution in [3.05, 3.63) is 0 Å². The first-order valence-corrected chi connectivity index (χ1v) is 3.12. The fourth-order valence-corrected chi connectivity index (χ4v) is 0.819. The van der Waals surface area contributed by atoms with E-state index in [1.54, 1.807) is 0 Å². The molecule has 0 aromatic heterocycles. The van der Waals surface area contributed by atoms with E-state index < -0.39 is 0 Å². The topological polar surface area (TPSA) is 38.7 Å². The third-order valence-corrected chi connectivity index (χ3v) is 1.26. The Kier molecular flexibility index (Phi) is 2.69. The molecule has 52 valence electrons. The van der Waals surface area contributed by atoms with Gasteiger partial charge in [-0.2, -0.15) is 0 Å². The van der Waals surface area contributed by atoms with E-state index in [1.807, 2.05) is 0 Å². The number of hydrogen-bond donors (Lipinski definition) is 0. The summed E-state index contributed by atoms with van der Waals surface area (Å²) >= 11 is 0. The van der Waals surface area contributed by atoms with Crippen molar-refractivity contribution in [2.75, 3.05) is 6.61 Å². The molecule has 0 amide bonds. The van der Waals surface area contributed by atoms with E-state index >= 15 is 0 Å². The number of carbonyl (C=O) groups excluding carboxylic acids is 1. The number of isocyanates is 1. The van der Waals surface area contributed by atoms with Gasteiger partial charge in [0.15, 0.2) is 0 Å². The molecule has 1 aliphatic rings. The van der Waals surface area contributed by atoms with Gasteiger partial charge < -0.3 is 4.74 Å². The van der Waals surface area contributed by atoms with Gasteiger partial charge in [0.05, 0.1) is 6.04 Å². The summed E-state index contributed by atoms with van der Waals surface area (Å²) < 4.78 is 5.14. The first kappa shape index (κ1) is 7.01. The van der Waals surface area contributed by atoms with Gasteiger partial charge in [-0.15, -0.1) is 4.99 Å². The van der Waals surface area contributed by atoms with E-state index in [0.717, 1.165) is 19.4 Å². The highest BCUT2D eigenvalue weighted by molar-refractivity contribution is 5.36. The third kappa shape index (κ3) is 2.02. The summed E-state index contributed by atoms with van der Waals surface area (Å²) in [7, 11) is 0. The van der Waals surface area contributed by atoms with Crippen LogP contribution in [0, 0.1) is 12.0 Å². The molecule has 1 saturated heterocycles. The molecule has 1 rings (SSSR count). The fraction of sp³-hybridized carbons (Fsp3) is 0.571. The van der Waals surface area contributed by atoms with Crippen molar-refractivity contribution >= 4 is 6.08 Å². The van der Waals surface area contributed by atoms with E-state index in [-0.39, 0.29) is 6.10 Å². The zero-order valence-corrected chi connectivity index (χ0v) is 5.46. The number of hydrogen-bond acceptors (Lipinski definition) is 3. The van der Waals surface area contributed by atoms with Crippen molar-refractivity contribution in [2.24, 2.45) is 4.99 Å². The summed E-state index contributed by atoms with van der Waals surface area (Å²) in [5, 5.41) is 0. The molecular weight excluding hydrogens is 130 g/mol.